The predicted octanol–water partition coefficient (Wildman–Crippen LogP) is 1.35. The third-order valence-corrected chi connectivity index (χ3v) is 4.42. The Morgan fingerprint density at radius 3 is 2.95 bits per heavy atom. The molecule has 2 unspecified atom stereocenters. The second kappa shape index (κ2) is 5.71. The third-order valence-electron chi connectivity index (χ3n) is 3.73. The smallest absolute Gasteiger partial charge is 0.313 e. The Balaban J connectivity index is 1.92. The van der Waals surface area contributed by atoms with Gasteiger partial charge in [0, 0.05) is 16.8 Å². The van der Waals surface area contributed by atoms with Crippen LogP contribution in [-0.4, -0.2) is 29.6 Å². The number of nitrogens with one attached hydrogen (secondary N) is 2. The van der Waals surface area contributed by atoms with E-state index in [-0.39, 0.29) is 18.1 Å². The van der Waals surface area contributed by atoms with Crippen LogP contribution in [0, 0.1) is 5.41 Å². The Kier molecular flexibility index (Phi) is 4.21. The summed E-state index contributed by atoms with van der Waals surface area (Å²) in [4.78, 5) is 23.5. The Morgan fingerprint density at radius 2 is 2.32 bits per heavy atom. The molecule has 1 saturated carbocycles. The van der Waals surface area contributed by atoms with Crippen molar-refractivity contribution in [1.82, 2.24) is 5.32 Å². The van der Waals surface area contributed by atoms with Crippen LogP contribution in [0.5, 0.6) is 0 Å². The van der Waals surface area contributed by atoms with Gasteiger partial charge in [-0.2, -0.15) is 11.3 Å². The molecule has 0 bridgehead atoms. The van der Waals surface area contributed by atoms with Crippen molar-refractivity contribution in [3.63, 3.8) is 0 Å². The molecule has 3 N–H and O–H groups in total. The van der Waals surface area contributed by atoms with E-state index in [1.54, 1.807) is 11.4 Å². The molecule has 1 aromatic rings. The SMILES string of the molecule is CC1(CO)CCCC1NC(=O)C(=O)Nc1ccsc1. The molecular formula is C13H18N2O3S. The zero-order valence-electron chi connectivity index (χ0n) is 10.8. The first kappa shape index (κ1) is 14.0. The lowest BCUT2D eigenvalue weighted by molar-refractivity contribution is -0.137. The lowest BCUT2D eigenvalue weighted by Gasteiger charge is -2.29. The molecule has 1 aliphatic rings. The Hall–Kier alpha value is -1.40. The van der Waals surface area contributed by atoms with Gasteiger partial charge in [-0.15, -0.1) is 0 Å². The van der Waals surface area contributed by atoms with Gasteiger partial charge in [0.15, 0.2) is 0 Å². The van der Waals surface area contributed by atoms with E-state index >= 15 is 0 Å². The second-order valence-corrected chi connectivity index (χ2v) is 5.98. The van der Waals surface area contributed by atoms with Gasteiger partial charge in [-0.1, -0.05) is 13.3 Å². The number of hydrogen-bond acceptors (Lipinski definition) is 4. The minimum atomic E-state index is -0.661. The zero-order chi connectivity index (χ0) is 13.9. The third kappa shape index (κ3) is 3.13. The molecule has 1 heterocycles. The highest BCUT2D eigenvalue weighted by Gasteiger charge is 2.39. The second-order valence-electron chi connectivity index (χ2n) is 5.20. The average Bonchev–Trinajstić information content (AvgIpc) is 3.01. The van der Waals surface area contributed by atoms with Crippen molar-refractivity contribution in [3.05, 3.63) is 16.8 Å². The molecule has 2 rings (SSSR count). The number of rotatable bonds is 3. The van der Waals surface area contributed by atoms with Gasteiger partial charge in [-0.05, 0) is 24.3 Å². The van der Waals surface area contributed by atoms with E-state index in [2.05, 4.69) is 10.6 Å². The number of hydrogen-bond donors (Lipinski definition) is 3. The van der Waals surface area contributed by atoms with E-state index in [1.165, 1.54) is 11.3 Å². The molecule has 0 aromatic carbocycles. The normalized spacial score (nSPS) is 26.1. The maximum Gasteiger partial charge on any atom is 0.313 e. The summed E-state index contributed by atoms with van der Waals surface area (Å²) in [7, 11) is 0. The van der Waals surface area contributed by atoms with Gasteiger partial charge in [0.2, 0.25) is 0 Å². The van der Waals surface area contributed by atoms with E-state index in [0.717, 1.165) is 19.3 Å². The Bertz CT molecular complexity index is 460. The standard InChI is InChI=1S/C13H18N2O3S/c1-13(8-16)5-2-3-10(13)15-12(18)11(17)14-9-4-6-19-7-9/h4,6-7,10,16H,2-3,5,8H2,1H3,(H,14,17)(H,15,18). The molecule has 1 aromatic heterocycles. The van der Waals surface area contributed by atoms with Gasteiger partial charge < -0.3 is 15.7 Å². The monoisotopic (exact) mass is 282 g/mol. The molecule has 2 amide bonds. The van der Waals surface area contributed by atoms with E-state index < -0.39 is 11.8 Å². The van der Waals surface area contributed by atoms with Crippen LogP contribution >= 0.6 is 11.3 Å². The van der Waals surface area contributed by atoms with E-state index in [0.29, 0.717) is 5.69 Å². The number of thiophene rings is 1. The van der Waals surface area contributed by atoms with Crippen molar-refractivity contribution >= 4 is 28.8 Å². The fourth-order valence-corrected chi connectivity index (χ4v) is 3.00. The van der Waals surface area contributed by atoms with Crippen LogP contribution in [-0.2, 0) is 9.59 Å². The minimum absolute atomic E-state index is 0.0180. The van der Waals surface area contributed by atoms with Gasteiger partial charge in [-0.3, -0.25) is 9.59 Å². The molecule has 1 aliphatic carbocycles. The van der Waals surface area contributed by atoms with Crippen LogP contribution in [0.15, 0.2) is 16.8 Å². The summed E-state index contributed by atoms with van der Waals surface area (Å²) in [6.07, 6.45) is 2.61. The number of aliphatic hydroxyl groups excluding tert-OH is 1. The number of anilines is 1. The molecule has 19 heavy (non-hydrogen) atoms. The summed E-state index contributed by atoms with van der Waals surface area (Å²) >= 11 is 1.45. The Morgan fingerprint density at radius 1 is 1.53 bits per heavy atom. The van der Waals surface area contributed by atoms with Crippen molar-refractivity contribution in [1.29, 1.82) is 0 Å². The molecule has 2 atom stereocenters. The molecule has 104 valence electrons. The molecule has 5 nitrogen and oxygen atoms in total. The number of aliphatic hydroxyl groups is 1. The number of amides is 2. The van der Waals surface area contributed by atoms with E-state index in [1.807, 2.05) is 12.3 Å². The summed E-state index contributed by atoms with van der Waals surface area (Å²) in [6.45, 7) is 1.95. The first-order valence-corrected chi connectivity index (χ1v) is 7.24. The summed E-state index contributed by atoms with van der Waals surface area (Å²) < 4.78 is 0. The van der Waals surface area contributed by atoms with Crippen molar-refractivity contribution in [2.45, 2.75) is 32.2 Å². The van der Waals surface area contributed by atoms with Crippen molar-refractivity contribution in [2.24, 2.45) is 5.41 Å². The zero-order valence-corrected chi connectivity index (χ0v) is 11.6. The maximum absolute atomic E-state index is 11.8. The largest absolute Gasteiger partial charge is 0.396 e. The summed E-state index contributed by atoms with van der Waals surface area (Å²) in [5.41, 5.74) is 0.305. The highest BCUT2D eigenvalue weighted by molar-refractivity contribution is 7.08. The van der Waals surface area contributed by atoms with Gasteiger partial charge >= 0.3 is 11.8 Å². The molecule has 0 aliphatic heterocycles. The lowest BCUT2D eigenvalue weighted by atomic mass is 9.86. The first-order chi connectivity index (χ1) is 9.05. The van der Waals surface area contributed by atoms with E-state index in [4.69, 9.17) is 0 Å². The fourth-order valence-electron chi connectivity index (χ4n) is 2.42. The van der Waals surface area contributed by atoms with Gasteiger partial charge in [0.1, 0.15) is 0 Å². The molecule has 1 fully saturated rings. The molecule has 0 radical (unpaired) electrons. The minimum Gasteiger partial charge on any atom is -0.396 e. The van der Waals surface area contributed by atoms with Gasteiger partial charge in [0.25, 0.3) is 0 Å². The van der Waals surface area contributed by atoms with E-state index in [9.17, 15) is 14.7 Å². The lowest BCUT2D eigenvalue weighted by Crippen LogP contribution is -2.48. The number of carbonyl (C=O) groups excluding carboxylic acids is 2. The first-order valence-electron chi connectivity index (χ1n) is 6.30. The summed E-state index contributed by atoms with van der Waals surface area (Å²) in [6, 6.07) is 1.60. The topological polar surface area (TPSA) is 78.4 Å². The quantitative estimate of drug-likeness (QED) is 0.732. The molecule has 0 saturated heterocycles. The van der Waals surface area contributed by atoms with Crippen LogP contribution in [0.3, 0.4) is 0 Å². The van der Waals surface area contributed by atoms with Gasteiger partial charge in [-0.25, -0.2) is 0 Å². The summed E-state index contributed by atoms with van der Waals surface area (Å²) in [5, 5.41) is 18.3. The molecular weight excluding hydrogens is 264 g/mol. The van der Waals surface area contributed by atoms with Crippen molar-refractivity contribution in [2.75, 3.05) is 11.9 Å². The highest BCUT2D eigenvalue weighted by atomic mass is 32.1. The fraction of sp³-hybridized carbons (Fsp3) is 0.538. The van der Waals surface area contributed by atoms with Crippen LogP contribution in [0.25, 0.3) is 0 Å². The van der Waals surface area contributed by atoms with Crippen molar-refractivity contribution < 1.29 is 14.7 Å². The number of carbonyl (C=O) groups is 2. The van der Waals surface area contributed by atoms with Crippen LogP contribution in [0.4, 0.5) is 5.69 Å². The highest BCUT2D eigenvalue weighted by Crippen LogP contribution is 2.37. The maximum atomic E-state index is 11.8. The van der Waals surface area contributed by atoms with Gasteiger partial charge in [0.05, 0.1) is 12.3 Å². The van der Waals surface area contributed by atoms with Crippen LogP contribution < -0.4 is 10.6 Å². The van der Waals surface area contributed by atoms with Crippen LogP contribution in [0.2, 0.25) is 0 Å². The average molecular weight is 282 g/mol. The molecule has 6 heteroatoms. The Labute approximate surface area is 116 Å². The summed E-state index contributed by atoms with van der Waals surface area (Å²) in [5.74, 6) is -1.30. The van der Waals surface area contributed by atoms with Crippen molar-refractivity contribution in [3.8, 4) is 0 Å². The van der Waals surface area contributed by atoms with Crippen LogP contribution in [0.1, 0.15) is 26.2 Å². The molecule has 0 spiro atoms. The predicted molar refractivity (Wildman–Crippen MR) is 73.9 cm³/mol.